The third-order valence-electron chi connectivity index (χ3n) is 4.20. The Balaban J connectivity index is 2.01. The molecule has 0 radical (unpaired) electrons. The second-order valence-corrected chi connectivity index (χ2v) is 5.61. The number of rotatable bonds is 9. The van der Waals surface area contributed by atoms with Gasteiger partial charge in [0.15, 0.2) is 0 Å². The molecule has 18 heavy (non-hydrogen) atoms. The number of aliphatic hydroxyl groups is 1. The van der Waals surface area contributed by atoms with Gasteiger partial charge in [0, 0.05) is 32.8 Å². The van der Waals surface area contributed by atoms with Crippen LogP contribution in [0.5, 0.6) is 0 Å². The van der Waals surface area contributed by atoms with Gasteiger partial charge >= 0.3 is 0 Å². The minimum Gasteiger partial charge on any atom is -0.396 e. The lowest BCUT2D eigenvalue weighted by atomic mass is 9.98. The summed E-state index contributed by atoms with van der Waals surface area (Å²) in [4.78, 5) is 5.12. The van der Waals surface area contributed by atoms with Crippen LogP contribution in [0.4, 0.5) is 0 Å². The van der Waals surface area contributed by atoms with Crippen LogP contribution in [0.2, 0.25) is 0 Å². The van der Waals surface area contributed by atoms with Crippen LogP contribution in [0.1, 0.15) is 46.0 Å². The predicted octanol–water partition coefficient (Wildman–Crippen LogP) is 2.20. The van der Waals surface area contributed by atoms with Crippen molar-refractivity contribution in [2.45, 2.75) is 46.0 Å². The summed E-state index contributed by atoms with van der Waals surface area (Å²) >= 11 is 0. The number of aliphatic hydroxyl groups excluding tert-OH is 1. The zero-order valence-electron chi connectivity index (χ0n) is 12.4. The fourth-order valence-electron chi connectivity index (χ4n) is 2.83. The van der Waals surface area contributed by atoms with Gasteiger partial charge in [0.05, 0.1) is 0 Å². The van der Waals surface area contributed by atoms with Crippen molar-refractivity contribution in [2.24, 2.45) is 5.92 Å². The number of likely N-dealkylation sites (N-methyl/N-ethyl adjacent to an activating group) is 1. The van der Waals surface area contributed by atoms with E-state index >= 15 is 0 Å². The molecule has 1 rings (SSSR count). The number of piperazine rings is 1. The van der Waals surface area contributed by atoms with E-state index in [-0.39, 0.29) is 0 Å². The molecule has 108 valence electrons. The van der Waals surface area contributed by atoms with Gasteiger partial charge in [-0.3, -0.25) is 0 Å². The third kappa shape index (κ3) is 6.17. The molecule has 1 aliphatic heterocycles. The molecule has 1 saturated heterocycles. The van der Waals surface area contributed by atoms with Crippen LogP contribution in [0.25, 0.3) is 0 Å². The molecule has 0 bridgehead atoms. The Kier molecular flexibility index (Phi) is 8.64. The second-order valence-electron chi connectivity index (χ2n) is 5.61. The van der Waals surface area contributed by atoms with Crippen molar-refractivity contribution in [1.82, 2.24) is 9.80 Å². The minimum absolute atomic E-state index is 0.378. The molecular formula is C15H32N2O. The Morgan fingerprint density at radius 1 is 0.944 bits per heavy atom. The number of nitrogens with zero attached hydrogens (tertiary/aromatic N) is 2. The SMILES string of the molecule is CCC[C@H](CO)CCCCN1CCN(CC)CC1. The molecule has 0 unspecified atom stereocenters. The topological polar surface area (TPSA) is 26.7 Å². The van der Waals surface area contributed by atoms with Crippen LogP contribution >= 0.6 is 0 Å². The highest BCUT2D eigenvalue weighted by atomic mass is 16.3. The largest absolute Gasteiger partial charge is 0.396 e. The lowest BCUT2D eigenvalue weighted by molar-refractivity contribution is 0.134. The summed E-state index contributed by atoms with van der Waals surface area (Å²) in [5, 5.41) is 9.25. The van der Waals surface area contributed by atoms with Gasteiger partial charge in [-0.15, -0.1) is 0 Å². The molecule has 0 spiro atoms. The molecule has 0 aromatic rings. The standard InChI is InChI=1S/C15H32N2O/c1-3-7-15(14-18)8-5-6-9-17-12-10-16(4-2)11-13-17/h15,18H,3-14H2,1-2H3/t15-/m0/s1. The van der Waals surface area contributed by atoms with Crippen molar-refractivity contribution in [3.05, 3.63) is 0 Å². The second kappa shape index (κ2) is 9.76. The maximum absolute atomic E-state index is 9.25. The molecule has 1 aliphatic rings. The van der Waals surface area contributed by atoms with Crippen molar-refractivity contribution in [3.8, 4) is 0 Å². The maximum atomic E-state index is 9.25. The molecule has 0 aromatic heterocycles. The van der Waals surface area contributed by atoms with Gasteiger partial charge in [-0.1, -0.05) is 26.7 Å². The van der Waals surface area contributed by atoms with Crippen molar-refractivity contribution in [3.63, 3.8) is 0 Å². The summed E-state index contributed by atoms with van der Waals surface area (Å²) in [6.07, 6.45) is 6.17. The highest BCUT2D eigenvalue weighted by Gasteiger charge is 2.14. The monoisotopic (exact) mass is 256 g/mol. The molecular weight excluding hydrogens is 224 g/mol. The first-order valence-corrected chi connectivity index (χ1v) is 7.85. The Bertz CT molecular complexity index is 191. The lowest BCUT2D eigenvalue weighted by Crippen LogP contribution is -2.46. The van der Waals surface area contributed by atoms with Crippen molar-refractivity contribution in [1.29, 1.82) is 0 Å². The normalized spacial score (nSPS) is 20.2. The van der Waals surface area contributed by atoms with E-state index in [0.717, 1.165) is 0 Å². The van der Waals surface area contributed by atoms with E-state index in [4.69, 9.17) is 0 Å². The Morgan fingerprint density at radius 2 is 1.61 bits per heavy atom. The molecule has 3 nitrogen and oxygen atoms in total. The minimum atomic E-state index is 0.378. The van der Waals surface area contributed by atoms with E-state index in [0.29, 0.717) is 12.5 Å². The number of hydrogen-bond donors (Lipinski definition) is 1. The van der Waals surface area contributed by atoms with Crippen LogP contribution < -0.4 is 0 Å². The Hall–Kier alpha value is -0.120. The van der Waals surface area contributed by atoms with E-state index in [2.05, 4.69) is 23.6 Å². The Labute approximate surface area is 113 Å². The molecule has 1 fully saturated rings. The van der Waals surface area contributed by atoms with Gasteiger partial charge in [0.1, 0.15) is 0 Å². The lowest BCUT2D eigenvalue weighted by Gasteiger charge is -2.34. The van der Waals surface area contributed by atoms with Crippen molar-refractivity contribution >= 4 is 0 Å². The summed E-state index contributed by atoms with van der Waals surface area (Å²) in [6.45, 7) is 12.2. The van der Waals surface area contributed by atoms with Gasteiger partial charge in [-0.25, -0.2) is 0 Å². The third-order valence-corrected chi connectivity index (χ3v) is 4.20. The highest BCUT2D eigenvalue weighted by molar-refractivity contribution is 4.70. The fraction of sp³-hybridized carbons (Fsp3) is 1.00. The van der Waals surface area contributed by atoms with Gasteiger partial charge < -0.3 is 14.9 Å². The summed E-state index contributed by atoms with van der Waals surface area (Å²) in [6, 6.07) is 0. The van der Waals surface area contributed by atoms with E-state index < -0.39 is 0 Å². The van der Waals surface area contributed by atoms with Gasteiger partial charge in [-0.2, -0.15) is 0 Å². The summed E-state index contributed by atoms with van der Waals surface area (Å²) in [7, 11) is 0. The number of hydrogen-bond acceptors (Lipinski definition) is 3. The first-order chi connectivity index (χ1) is 8.80. The quantitative estimate of drug-likeness (QED) is 0.641. The van der Waals surface area contributed by atoms with E-state index in [1.165, 1.54) is 71.4 Å². The summed E-state index contributed by atoms with van der Waals surface area (Å²) < 4.78 is 0. The van der Waals surface area contributed by atoms with Crippen LogP contribution in [-0.2, 0) is 0 Å². The zero-order valence-corrected chi connectivity index (χ0v) is 12.4. The number of unbranched alkanes of at least 4 members (excludes halogenated alkanes) is 1. The molecule has 0 amide bonds. The molecule has 1 N–H and O–H groups in total. The Morgan fingerprint density at radius 3 is 2.17 bits per heavy atom. The van der Waals surface area contributed by atoms with Gasteiger partial charge in [-0.05, 0) is 38.3 Å². The summed E-state index contributed by atoms with van der Waals surface area (Å²) in [5.74, 6) is 0.548. The average Bonchev–Trinajstić information content (AvgIpc) is 2.43. The first-order valence-electron chi connectivity index (χ1n) is 7.85. The molecule has 0 aromatic carbocycles. The zero-order chi connectivity index (χ0) is 13.2. The molecule has 0 aliphatic carbocycles. The predicted molar refractivity (Wildman–Crippen MR) is 77.9 cm³/mol. The average molecular weight is 256 g/mol. The molecule has 1 heterocycles. The fourth-order valence-corrected chi connectivity index (χ4v) is 2.83. The van der Waals surface area contributed by atoms with Crippen molar-refractivity contribution < 1.29 is 5.11 Å². The van der Waals surface area contributed by atoms with Crippen LogP contribution in [-0.4, -0.2) is 60.8 Å². The van der Waals surface area contributed by atoms with E-state index in [1.54, 1.807) is 0 Å². The van der Waals surface area contributed by atoms with Crippen LogP contribution in [0.15, 0.2) is 0 Å². The molecule has 3 heteroatoms. The molecule has 1 atom stereocenters. The van der Waals surface area contributed by atoms with Gasteiger partial charge in [0.2, 0.25) is 0 Å². The van der Waals surface area contributed by atoms with Crippen LogP contribution in [0, 0.1) is 5.92 Å². The van der Waals surface area contributed by atoms with Crippen LogP contribution in [0.3, 0.4) is 0 Å². The smallest absolute Gasteiger partial charge is 0.0459 e. The highest BCUT2D eigenvalue weighted by Crippen LogP contribution is 2.14. The van der Waals surface area contributed by atoms with E-state index in [1.807, 2.05) is 0 Å². The van der Waals surface area contributed by atoms with Crippen molar-refractivity contribution in [2.75, 3.05) is 45.9 Å². The molecule has 0 saturated carbocycles. The maximum Gasteiger partial charge on any atom is 0.0459 e. The first kappa shape index (κ1) is 15.9. The van der Waals surface area contributed by atoms with E-state index in [9.17, 15) is 5.11 Å². The summed E-state index contributed by atoms with van der Waals surface area (Å²) in [5.41, 5.74) is 0. The van der Waals surface area contributed by atoms with Gasteiger partial charge in [0.25, 0.3) is 0 Å².